The molecular formula is C23H36N2O2. The number of nitrogens with zero attached hydrogens (tertiary/aromatic N) is 2. The van der Waals surface area contributed by atoms with Crippen LogP contribution in [0.1, 0.15) is 69.3 Å². The van der Waals surface area contributed by atoms with Crippen LogP contribution in [0.4, 0.5) is 0 Å². The first kappa shape index (κ1) is 20.2. The normalized spacial score (nSPS) is 22.7. The summed E-state index contributed by atoms with van der Waals surface area (Å²) in [6, 6.07) is 6.68. The zero-order valence-electron chi connectivity index (χ0n) is 17.8. The van der Waals surface area contributed by atoms with Crippen molar-refractivity contribution in [2.24, 2.45) is 5.92 Å². The SMILES string of the molecule is COc1cc(C(C)(C)C)ccc1C(=O)N1CCC(N2CCCC(C)C2)CC1. The lowest BCUT2D eigenvalue weighted by Gasteiger charge is -2.41. The van der Waals surface area contributed by atoms with Crippen LogP contribution in [-0.4, -0.2) is 55.0 Å². The molecule has 1 amide bonds. The van der Waals surface area contributed by atoms with E-state index < -0.39 is 0 Å². The van der Waals surface area contributed by atoms with Crippen molar-refractivity contribution in [1.29, 1.82) is 0 Å². The topological polar surface area (TPSA) is 32.8 Å². The lowest BCUT2D eigenvalue weighted by molar-refractivity contribution is 0.0539. The lowest BCUT2D eigenvalue weighted by atomic mass is 9.86. The van der Waals surface area contributed by atoms with Crippen molar-refractivity contribution in [2.45, 2.75) is 64.8 Å². The molecule has 2 heterocycles. The van der Waals surface area contributed by atoms with Crippen LogP contribution < -0.4 is 4.74 Å². The first-order valence-corrected chi connectivity index (χ1v) is 10.5. The van der Waals surface area contributed by atoms with Gasteiger partial charge >= 0.3 is 0 Å². The summed E-state index contributed by atoms with van der Waals surface area (Å²) in [5.41, 5.74) is 1.92. The van der Waals surface area contributed by atoms with Crippen molar-refractivity contribution in [3.05, 3.63) is 29.3 Å². The second-order valence-corrected chi connectivity index (χ2v) is 9.43. The van der Waals surface area contributed by atoms with Crippen LogP contribution in [0.3, 0.4) is 0 Å². The Morgan fingerprint density at radius 3 is 2.41 bits per heavy atom. The first-order valence-electron chi connectivity index (χ1n) is 10.5. The highest BCUT2D eigenvalue weighted by molar-refractivity contribution is 5.97. The molecule has 150 valence electrons. The summed E-state index contributed by atoms with van der Waals surface area (Å²) < 4.78 is 5.57. The fourth-order valence-electron chi connectivity index (χ4n) is 4.50. The third-order valence-corrected chi connectivity index (χ3v) is 6.25. The molecule has 27 heavy (non-hydrogen) atoms. The highest BCUT2D eigenvalue weighted by Gasteiger charge is 2.30. The number of likely N-dealkylation sites (tertiary alicyclic amines) is 2. The quantitative estimate of drug-likeness (QED) is 0.792. The van der Waals surface area contributed by atoms with Gasteiger partial charge in [0, 0.05) is 25.7 Å². The minimum Gasteiger partial charge on any atom is -0.496 e. The molecule has 0 aliphatic carbocycles. The monoisotopic (exact) mass is 372 g/mol. The summed E-state index contributed by atoms with van der Waals surface area (Å²) in [7, 11) is 1.66. The van der Waals surface area contributed by atoms with Gasteiger partial charge in [-0.15, -0.1) is 0 Å². The molecule has 2 fully saturated rings. The molecule has 1 atom stereocenters. The molecule has 1 unspecified atom stereocenters. The Balaban J connectivity index is 1.65. The molecule has 0 saturated carbocycles. The van der Waals surface area contributed by atoms with Gasteiger partial charge in [-0.1, -0.05) is 33.8 Å². The van der Waals surface area contributed by atoms with Crippen molar-refractivity contribution in [2.75, 3.05) is 33.3 Å². The largest absolute Gasteiger partial charge is 0.496 e. The molecule has 2 aliphatic rings. The number of methoxy groups -OCH3 is 1. The van der Waals surface area contributed by atoms with Crippen molar-refractivity contribution >= 4 is 5.91 Å². The Hall–Kier alpha value is -1.55. The number of benzene rings is 1. The highest BCUT2D eigenvalue weighted by atomic mass is 16.5. The zero-order chi connectivity index (χ0) is 19.6. The number of rotatable bonds is 3. The number of carbonyl (C=O) groups is 1. The van der Waals surface area contributed by atoms with Crippen molar-refractivity contribution in [3.63, 3.8) is 0 Å². The molecule has 0 radical (unpaired) electrons. The summed E-state index contributed by atoms with van der Waals surface area (Å²) in [6.45, 7) is 13.0. The number of hydrogen-bond donors (Lipinski definition) is 0. The van der Waals surface area contributed by atoms with Gasteiger partial charge in [-0.05, 0) is 61.3 Å². The second-order valence-electron chi connectivity index (χ2n) is 9.43. The molecule has 0 N–H and O–H groups in total. The van der Waals surface area contributed by atoms with Gasteiger partial charge in [0.1, 0.15) is 5.75 Å². The number of ether oxygens (including phenoxy) is 1. The van der Waals surface area contributed by atoms with Gasteiger partial charge in [0.15, 0.2) is 0 Å². The molecule has 4 heteroatoms. The molecule has 1 aromatic carbocycles. The number of amides is 1. The van der Waals surface area contributed by atoms with E-state index >= 15 is 0 Å². The average Bonchev–Trinajstić information content (AvgIpc) is 2.66. The molecule has 2 saturated heterocycles. The average molecular weight is 373 g/mol. The van der Waals surface area contributed by atoms with E-state index in [0.717, 1.165) is 31.8 Å². The number of carbonyl (C=O) groups excluding carboxylic acids is 1. The second kappa shape index (κ2) is 8.22. The van der Waals surface area contributed by atoms with Gasteiger partial charge in [-0.2, -0.15) is 0 Å². The van der Waals surface area contributed by atoms with E-state index in [9.17, 15) is 4.79 Å². The molecule has 4 nitrogen and oxygen atoms in total. The van der Waals surface area contributed by atoms with Crippen LogP contribution in [0.5, 0.6) is 5.75 Å². The van der Waals surface area contributed by atoms with Crippen molar-refractivity contribution in [1.82, 2.24) is 9.80 Å². The van der Waals surface area contributed by atoms with E-state index in [0.29, 0.717) is 17.4 Å². The Morgan fingerprint density at radius 1 is 1.11 bits per heavy atom. The van der Waals surface area contributed by atoms with Crippen LogP contribution in [0, 0.1) is 5.92 Å². The third kappa shape index (κ3) is 4.66. The minimum atomic E-state index is 0.0405. The van der Waals surface area contributed by atoms with Gasteiger partial charge < -0.3 is 9.64 Å². The summed E-state index contributed by atoms with van der Waals surface area (Å²) in [4.78, 5) is 17.8. The molecule has 0 aromatic heterocycles. The van der Waals surface area contributed by atoms with Gasteiger partial charge in [-0.3, -0.25) is 9.69 Å². The van der Waals surface area contributed by atoms with E-state index in [1.165, 1.54) is 31.5 Å². The zero-order valence-corrected chi connectivity index (χ0v) is 17.8. The first-order chi connectivity index (χ1) is 12.8. The highest BCUT2D eigenvalue weighted by Crippen LogP contribution is 2.30. The minimum absolute atomic E-state index is 0.0405. The van der Waals surface area contributed by atoms with E-state index in [-0.39, 0.29) is 11.3 Å². The number of hydrogen-bond acceptors (Lipinski definition) is 3. The van der Waals surface area contributed by atoms with Crippen LogP contribution in [0.15, 0.2) is 18.2 Å². The smallest absolute Gasteiger partial charge is 0.257 e. The summed E-state index contributed by atoms with van der Waals surface area (Å²) >= 11 is 0. The van der Waals surface area contributed by atoms with Gasteiger partial charge in [0.25, 0.3) is 5.91 Å². The maximum Gasteiger partial charge on any atom is 0.257 e. The van der Waals surface area contributed by atoms with Gasteiger partial charge in [0.05, 0.1) is 12.7 Å². The standard InChI is InChI=1S/C23H36N2O2/c1-17-7-6-12-25(16-17)19-10-13-24(14-11-19)22(26)20-9-8-18(23(2,3)4)15-21(20)27-5/h8-9,15,17,19H,6-7,10-14,16H2,1-5H3. The Kier molecular flexibility index (Phi) is 6.15. The van der Waals surface area contributed by atoms with Crippen LogP contribution in [0.25, 0.3) is 0 Å². The molecule has 2 aliphatic heterocycles. The Morgan fingerprint density at radius 2 is 1.81 bits per heavy atom. The van der Waals surface area contributed by atoms with E-state index in [4.69, 9.17) is 4.74 Å². The molecule has 3 rings (SSSR count). The fourth-order valence-corrected chi connectivity index (χ4v) is 4.50. The molecular weight excluding hydrogens is 336 g/mol. The maximum atomic E-state index is 13.1. The predicted molar refractivity (Wildman–Crippen MR) is 111 cm³/mol. The van der Waals surface area contributed by atoms with Crippen molar-refractivity contribution in [3.8, 4) is 5.75 Å². The molecule has 1 aromatic rings. The fraction of sp³-hybridized carbons (Fsp3) is 0.696. The van der Waals surface area contributed by atoms with Crippen LogP contribution in [0.2, 0.25) is 0 Å². The summed E-state index contributed by atoms with van der Waals surface area (Å²) in [6.07, 6.45) is 4.84. The van der Waals surface area contributed by atoms with Crippen LogP contribution >= 0.6 is 0 Å². The van der Waals surface area contributed by atoms with E-state index in [1.807, 2.05) is 17.0 Å². The Labute approximate surface area is 164 Å². The lowest BCUT2D eigenvalue weighted by Crippen LogP contribution is -2.49. The Bertz CT molecular complexity index is 657. The molecule has 0 spiro atoms. The molecule has 0 bridgehead atoms. The van der Waals surface area contributed by atoms with E-state index in [2.05, 4.69) is 38.7 Å². The van der Waals surface area contributed by atoms with Crippen molar-refractivity contribution < 1.29 is 9.53 Å². The maximum absolute atomic E-state index is 13.1. The third-order valence-electron chi connectivity index (χ3n) is 6.25. The number of piperidine rings is 2. The summed E-state index contributed by atoms with van der Waals surface area (Å²) in [5, 5.41) is 0. The van der Waals surface area contributed by atoms with Gasteiger partial charge in [0.2, 0.25) is 0 Å². The van der Waals surface area contributed by atoms with Gasteiger partial charge in [-0.25, -0.2) is 0 Å². The van der Waals surface area contributed by atoms with E-state index in [1.54, 1.807) is 7.11 Å². The summed E-state index contributed by atoms with van der Waals surface area (Å²) in [5.74, 6) is 1.61. The predicted octanol–water partition coefficient (Wildman–Crippen LogP) is 4.33. The van der Waals surface area contributed by atoms with Crippen LogP contribution in [-0.2, 0) is 5.41 Å².